The zero-order valence-corrected chi connectivity index (χ0v) is 11.2. The average Bonchev–Trinajstić information content (AvgIpc) is 2.41. The third-order valence-electron chi connectivity index (χ3n) is 3.93. The number of ketones is 1. The fourth-order valence-corrected chi connectivity index (χ4v) is 2.60. The molecule has 0 aliphatic carbocycles. The monoisotopic (exact) mass is 254 g/mol. The largest absolute Gasteiger partial charge is 0.378 e. The van der Waals surface area contributed by atoms with E-state index in [4.69, 9.17) is 4.74 Å². The smallest absolute Gasteiger partial charge is 0.239 e. The normalized spacial score (nSPS) is 28.2. The van der Waals surface area contributed by atoms with Crippen molar-refractivity contribution in [3.63, 3.8) is 0 Å². The van der Waals surface area contributed by atoms with Gasteiger partial charge in [-0.15, -0.1) is 0 Å². The minimum atomic E-state index is -0.126. The van der Waals surface area contributed by atoms with Crippen LogP contribution < -0.4 is 0 Å². The highest BCUT2D eigenvalue weighted by Gasteiger charge is 2.32. The molecule has 0 bridgehead atoms. The van der Waals surface area contributed by atoms with Gasteiger partial charge in [-0.25, -0.2) is 0 Å². The van der Waals surface area contributed by atoms with Gasteiger partial charge in [0.25, 0.3) is 0 Å². The molecule has 0 aromatic heterocycles. The third-order valence-corrected chi connectivity index (χ3v) is 3.93. The number of amides is 1. The second kappa shape index (κ2) is 5.80. The number of carbonyl (C=O) groups excluding carboxylic acids is 2. The maximum absolute atomic E-state index is 12.3. The highest BCUT2D eigenvalue weighted by atomic mass is 16.5. The lowest BCUT2D eigenvalue weighted by atomic mass is 9.97. The van der Waals surface area contributed by atoms with E-state index in [2.05, 4.69) is 4.90 Å². The van der Waals surface area contributed by atoms with Crippen LogP contribution in [-0.4, -0.2) is 66.9 Å². The van der Waals surface area contributed by atoms with Crippen molar-refractivity contribution >= 4 is 11.7 Å². The summed E-state index contributed by atoms with van der Waals surface area (Å²) in [7, 11) is 0. The molecular weight excluding hydrogens is 232 g/mol. The van der Waals surface area contributed by atoms with Gasteiger partial charge in [-0.3, -0.25) is 14.5 Å². The maximum atomic E-state index is 12.3. The van der Waals surface area contributed by atoms with Crippen molar-refractivity contribution in [2.24, 2.45) is 5.92 Å². The molecule has 2 rings (SSSR count). The number of morpholine rings is 1. The van der Waals surface area contributed by atoms with E-state index in [1.807, 2.05) is 18.7 Å². The van der Waals surface area contributed by atoms with Crippen LogP contribution in [-0.2, 0) is 14.3 Å². The second-order valence-corrected chi connectivity index (χ2v) is 5.23. The zero-order chi connectivity index (χ0) is 13.1. The number of ether oxygens (including phenoxy) is 1. The van der Waals surface area contributed by atoms with Gasteiger partial charge in [-0.05, 0) is 6.92 Å². The standard InChI is InChI=1S/C13H22N2O3/c1-10-9-15(4-3-12(10)16)11(2)13(17)14-5-7-18-8-6-14/h10-11H,3-9H2,1-2H3. The Morgan fingerprint density at radius 3 is 2.61 bits per heavy atom. The van der Waals surface area contributed by atoms with E-state index in [1.165, 1.54) is 0 Å². The van der Waals surface area contributed by atoms with Gasteiger partial charge >= 0.3 is 0 Å². The van der Waals surface area contributed by atoms with Gasteiger partial charge in [-0.2, -0.15) is 0 Å². The number of likely N-dealkylation sites (tertiary alicyclic amines) is 1. The summed E-state index contributed by atoms with van der Waals surface area (Å²) in [6.45, 7) is 7.94. The zero-order valence-electron chi connectivity index (χ0n) is 11.2. The summed E-state index contributed by atoms with van der Waals surface area (Å²) in [6, 6.07) is -0.126. The minimum absolute atomic E-state index is 0.0543. The van der Waals surface area contributed by atoms with E-state index in [1.54, 1.807) is 0 Å². The number of rotatable bonds is 2. The van der Waals surface area contributed by atoms with Gasteiger partial charge in [0.05, 0.1) is 19.3 Å². The highest BCUT2D eigenvalue weighted by molar-refractivity contribution is 5.84. The molecule has 0 N–H and O–H groups in total. The quantitative estimate of drug-likeness (QED) is 0.703. The van der Waals surface area contributed by atoms with Gasteiger partial charge in [0.2, 0.25) is 5.91 Å². The number of carbonyl (C=O) groups is 2. The molecule has 2 aliphatic rings. The Morgan fingerprint density at radius 1 is 1.33 bits per heavy atom. The summed E-state index contributed by atoms with van der Waals surface area (Å²) in [5.41, 5.74) is 0. The molecule has 18 heavy (non-hydrogen) atoms. The molecule has 0 aromatic carbocycles. The number of Topliss-reactive ketones (excluding diaryl/α,β-unsaturated/α-hetero) is 1. The van der Waals surface area contributed by atoms with Crippen molar-refractivity contribution in [1.29, 1.82) is 0 Å². The molecule has 0 aromatic rings. The molecule has 2 unspecified atom stereocenters. The van der Waals surface area contributed by atoms with Crippen LogP contribution in [0.2, 0.25) is 0 Å². The van der Waals surface area contributed by atoms with Gasteiger partial charge in [-0.1, -0.05) is 6.92 Å². The third kappa shape index (κ3) is 2.90. The Kier molecular flexibility index (Phi) is 4.35. The first-order chi connectivity index (χ1) is 8.59. The number of piperidine rings is 1. The summed E-state index contributed by atoms with van der Waals surface area (Å²) in [4.78, 5) is 27.8. The topological polar surface area (TPSA) is 49.9 Å². The van der Waals surface area contributed by atoms with Crippen molar-refractivity contribution < 1.29 is 14.3 Å². The Bertz CT molecular complexity index is 326. The van der Waals surface area contributed by atoms with Crippen LogP contribution in [0.4, 0.5) is 0 Å². The van der Waals surface area contributed by atoms with E-state index >= 15 is 0 Å². The SMILES string of the molecule is CC1CN(C(C)C(=O)N2CCOCC2)CCC1=O. The van der Waals surface area contributed by atoms with E-state index in [0.29, 0.717) is 51.6 Å². The Hall–Kier alpha value is -0.940. The Labute approximate surface area is 108 Å². The van der Waals surface area contributed by atoms with Crippen molar-refractivity contribution in [3.8, 4) is 0 Å². The van der Waals surface area contributed by atoms with Gasteiger partial charge in [0, 0.05) is 38.5 Å². The number of hydrogen-bond donors (Lipinski definition) is 0. The molecule has 5 nitrogen and oxygen atoms in total. The van der Waals surface area contributed by atoms with Crippen molar-refractivity contribution in [3.05, 3.63) is 0 Å². The van der Waals surface area contributed by atoms with Crippen molar-refractivity contribution in [1.82, 2.24) is 9.80 Å². The van der Waals surface area contributed by atoms with Crippen LogP contribution in [0.25, 0.3) is 0 Å². The molecule has 2 aliphatic heterocycles. The Morgan fingerprint density at radius 2 is 2.00 bits per heavy atom. The molecule has 0 radical (unpaired) electrons. The van der Waals surface area contributed by atoms with E-state index in [9.17, 15) is 9.59 Å². The van der Waals surface area contributed by atoms with Gasteiger partial charge in [0.15, 0.2) is 0 Å². The fourth-order valence-electron chi connectivity index (χ4n) is 2.60. The van der Waals surface area contributed by atoms with Gasteiger partial charge in [0.1, 0.15) is 5.78 Å². The van der Waals surface area contributed by atoms with Crippen LogP contribution in [0.5, 0.6) is 0 Å². The molecule has 5 heteroatoms. The first kappa shape index (κ1) is 13.5. The Balaban J connectivity index is 1.91. The average molecular weight is 254 g/mol. The van der Waals surface area contributed by atoms with Crippen molar-refractivity contribution in [2.45, 2.75) is 26.3 Å². The van der Waals surface area contributed by atoms with Crippen LogP contribution in [0.3, 0.4) is 0 Å². The molecule has 0 saturated carbocycles. The second-order valence-electron chi connectivity index (χ2n) is 5.23. The maximum Gasteiger partial charge on any atom is 0.239 e. The minimum Gasteiger partial charge on any atom is -0.378 e. The summed E-state index contributed by atoms with van der Waals surface area (Å²) >= 11 is 0. The van der Waals surface area contributed by atoms with Crippen molar-refractivity contribution in [2.75, 3.05) is 39.4 Å². The van der Waals surface area contributed by atoms with E-state index in [0.717, 1.165) is 0 Å². The lowest BCUT2D eigenvalue weighted by Gasteiger charge is -2.37. The summed E-state index contributed by atoms with van der Waals surface area (Å²) in [5, 5.41) is 0. The molecular formula is C13H22N2O3. The van der Waals surface area contributed by atoms with Crippen LogP contribution >= 0.6 is 0 Å². The van der Waals surface area contributed by atoms with E-state index in [-0.39, 0.29) is 17.9 Å². The van der Waals surface area contributed by atoms with Crippen LogP contribution in [0, 0.1) is 5.92 Å². The molecule has 2 atom stereocenters. The van der Waals surface area contributed by atoms with Crippen LogP contribution in [0.15, 0.2) is 0 Å². The molecule has 1 amide bonds. The van der Waals surface area contributed by atoms with Crippen LogP contribution in [0.1, 0.15) is 20.3 Å². The number of hydrogen-bond acceptors (Lipinski definition) is 4. The van der Waals surface area contributed by atoms with E-state index < -0.39 is 0 Å². The molecule has 2 saturated heterocycles. The first-order valence-electron chi connectivity index (χ1n) is 6.73. The summed E-state index contributed by atoms with van der Waals surface area (Å²) < 4.78 is 5.25. The predicted octanol–water partition coefficient (Wildman–Crippen LogP) is 0.145. The lowest BCUT2D eigenvalue weighted by Crippen LogP contribution is -2.53. The fraction of sp³-hybridized carbons (Fsp3) is 0.846. The first-order valence-corrected chi connectivity index (χ1v) is 6.73. The number of nitrogens with zero attached hydrogens (tertiary/aromatic N) is 2. The molecule has 2 fully saturated rings. The molecule has 102 valence electrons. The lowest BCUT2D eigenvalue weighted by molar-refractivity contribution is -0.142. The molecule has 2 heterocycles. The highest BCUT2D eigenvalue weighted by Crippen LogP contribution is 2.16. The summed E-state index contributed by atoms with van der Waals surface area (Å²) in [5.74, 6) is 0.538. The van der Waals surface area contributed by atoms with Gasteiger partial charge < -0.3 is 9.64 Å². The predicted molar refractivity (Wildman–Crippen MR) is 67.2 cm³/mol. The molecule has 0 spiro atoms. The summed E-state index contributed by atoms with van der Waals surface area (Å²) in [6.07, 6.45) is 0.571.